The van der Waals surface area contributed by atoms with Crippen LogP contribution >= 0.6 is 11.3 Å². The average Bonchev–Trinajstić information content (AvgIpc) is 3.90. The van der Waals surface area contributed by atoms with E-state index >= 15 is 0 Å². The maximum absolute atomic E-state index is 2.43. The Balaban J connectivity index is 0.968. The summed E-state index contributed by atoms with van der Waals surface area (Å²) in [5.41, 5.74) is 12.1. The van der Waals surface area contributed by atoms with E-state index in [1.54, 1.807) is 0 Å². The van der Waals surface area contributed by atoms with Crippen LogP contribution in [0.15, 0.2) is 194 Å². The first kappa shape index (κ1) is 30.5. The lowest BCUT2D eigenvalue weighted by atomic mass is 10.0. The zero-order valence-electron chi connectivity index (χ0n) is 29.8. The molecule has 0 spiro atoms. The molecule has 0 saturated heterocycles. The van der Waals surface area contributed by atoms with Crippen LogP contribution in [0.25, 0.3) is 108 Å². The molecule has 0 amide bonds. The predicted molar refractivity (Wildman–Crippen MR) is 236 cm³/mol. The van der Waals surface area contributed by atoms with E-state index in [4.69, 9.17) is 0 Å². The molecule has 0 N–H and O–H groups in total. The molecule has 0 saturated carbocycles. The monoisotopic (exact) mass is 716 g/mol. The van der Waals surface area contributed by atoms with Gasteiger partial charge in [-0.25, -0.2) is 0 Å². The Morgan fingerprint density at radius 1 is 0.273 bits per heavy atom. The SMILES string of the molecule is c1ccc2cc(-c3ccc(-n4c5ccccc5c5cc(-c6ccc7c(c6)c6ccccc6n7-c6ccc7c(c6)sc6ccccc67)ccc54)cc3)ccc2c1. The third-order valence-corrected chi connectivity index (χ3v) is 12.6. The van der Waals surface area contributed by atoms with Gasteiger partial charge < -0.3 is 9.13 Å². The van der Waals surface area contributed by atoms with E-state index in [1.807, 2.05) is 11.3 Å². The third kappa shape index (κ3) is 4.67. The molecule has 3 aromatic heterocycles. The minimum atomic E-state index is 1.16. The van der Waals surface area contributed by atoms with E-state index < -0.39 is 0 Å². The van der Waals surface area contributed by atoms with Crippen molar-refractivity contribution in [3.63, 3.8) is 0 Å². The predicted octanol–water partition coefficient (Wildman–Crippen LogP) is 14.7. The molecule has 0 bridgehead atoms. The Labute approximate surface area is 321 Å². The molecular formula is C52H32N2S. The fourth-order valence-electron chi connectivity index (χ4n) is 8.89. The number of para-hydroxylation sites is 2. The molecule has 3 heteroatoms. The molecule has 256 valence electrons. The molecule has 12 rings (SSSR count). The summed E-state index contributed by atoms with van der Waals surface area (Å²) in [6.45, 7) is 0. The van der Waals surface area contributed by atoms with Crippen molar-refractivity contribution in [2.24, 2.45) is 0 Å². The summed E-state index contributed by atoms with van der Waals surface area (Å²) in [6, 6.07) is 71.5. The lowest BCUT2D eigenvalue weighted by Gasteiger charge is -2.11. The highest BCUT2D eigenvalue weighted by Gasteiger charge is 2.17. The van der Waals surface area contributed by atoms with Crippen molar-refractivity contribution < 1.29 is 0 Å². The van der Waals surface area contributed by atoms with Gasteiger partial charge in [0.2, 0.25) is 0 Å². The van der Waals surface area contributed by atoms with Gasteiger partial charge >= 0.3 is 0 Å². The van der Waals surface area contributed by atoms with Gasteiger partial charge in [-0.3, -0.25) is 0 Å². The van der Waals surface area contributed by atoms with E-state index in [0.29, 0.717) is 0 Å². The van der Waals surface area contributed by atoms with Gasteiger partial charge in [0.25, 0.3) is 0 Å². The first-order chi connectivity index (χ1) is 27.2. The second-order valence-electron chi connectivity index (χ2n) is 14.6. The maximum Gasteiger partial charge on any atom is 0.0541 e. The number of benzene rings is 9. The largest absolute Gasteiger partial charge is 0.309 e. The lowest BCUT2D eigenvalue weighted by Crippen LogP contribution is -1.94. The molecular weight excluding hydrogens is 685 g/mol. The van der Waals surface area contributed by atoms with Crippen molar-refractivity contribution in [1.29, 1.82) is 0 Å². The average molecular weight is 717 g/mol. The topological polar surface area (TPSA) is 9.86 Å². The van der Waals surface area contributed by atoms with E-state index in [2.05, 4.69) is 203 Å². The summed E-state index contributed by atoms with van der Waals surface area (Å²) < 4.78 is 7.48. The van der Waals surface area contributed by atoms with Crippen molar-refractivity contribution >= 4 is 85.9 Å². The first-order valence-corrected chi connectivity index (χ1v) is 19.6. The van der Waals surface area contributed by atoms with Crippen molar-refractivity contribution in [1.82, 2.24) is 9.13 Å². The smallest absolute Gasteiger partial charge is 0.0541 e. The van der Waals surface area contributed by atoms with Crippen LogP contribution in [0.3, 0.4) is 0 Å². The van der Waals surface area contributed by atoms with Crippen LogP contribution in [-0.2, 0) is 0 Å². The van der Waals surface area contributed by atoms with Gasteiger partial charge in [0.15, 0.2) is 0 Å². The highest BCUT2D eigenvalue weighted by Crippen LogP contribution is 2.40. The highest BCUT2D eigenvalue weighted by atomic mass is 32.1. The molecule has 0 fully saturated rings. The van der Waals surface area contributed by atoms with Crippen molar-refractivity contribution in [2.45, 2.75) is 0 Å². The Hall–Kier alpha value is -6.94. The van der Waals surface area contributed by atoms with Crippen molar-refractivity contribution in [2.75, 3.05) is 0 Å². The van der Waals surface area contributed by atoms with Gasteiger partial charge in [-0.15, -0.1) is 11.3 Å². The number of thiophene rings is 1. The number of rotatable bonds is 4. The van der Waals surface area contributed by atoms with E-state index in [0.717, 1.165) is 5.69 Å². The molecule has 3 heterocycles. The second kappa shape index (κ2) is 11.8. The molecule has 2 nitrogen and oxygen atoms in total. The Morgan fingerprint density at radius 3 is 1.47 bits per heavy atom. The standard InChI is InChI=1S/C52H32N2S/c1-2-10-35-29-36(18-17-33(35)9-1)34-19-23-39(24-20-34)53-47-14-6-3-11-41(47)45-30-37(21-27-49(45)53)38-22-28-50-46(31-38)42-12-4-7-15-48(42)54(50)40-25-26-44-43-13-5-8-16-51(43)55-52(44)32-40/h1-32H. The molecule has 0 aliphatic carbocycles. The summed E-state index contributed by atoms with van der Waals surface area (Å²) in [5.74, 6) is 0. The van der Waals surface area contributed by atoms with Crippen LogP contribution in [0.2, 0.25) is 0 Å². The number of fused-ring (bicyclic) bond motifs is 10. The fourth-order valence-corrected chi connectivity index (χ4v) is 10.0. The molecule has 0 unspecified atom stereocenters. The van der Waals surface area contributed by atoms with E-state index in [9.17, 15) is 0 Å². The van der Waals surface area contributed by atoms with Gasteiger partial charge in [-0.05, 0) is 106 Å². The molecule has 0 aliphatic heterocycles. The quantitative estimate of drug-likeness (QED) is 0.172. The molecule has 0 radical (unpaired) electrons. The van der Waals surface area contributed by atoms with Crippen molar-refractivity contribution in [3.8, 4) is 33.6 Å². The van der Waals surface area contributed by atoms with Gasteiger partial charge in [-0.1, -0.05) is 121 Å². The van der Waals surface area contributed by atoms with Gasteiger partial charge in [0.1, 0.15) is 0 Å². The summed E-state index contributed by atoms with van der Waals surface area (Å²) in [6.07, 6.45) is 0. The number of aromatic nitrogens is 2. The number of hydrogen-bond donors (Lipinski definition) is 0. The molecule has 55 heavy (non-hydrogen) atoms. The third-order valence-electron chi connectivity index (χ3n) is 11.5. The van der Waals surface area contributed by atoms with Gasteiger partial charge in [0, 0.05) is 53.1 Å². The van der Waals surface area contributed by atoms with Crippen LogP contribution in [0.1, 0.15) is 0 Å². The van der Waals surface area contributed by atoms with E-state index in [1.165, 1.54) is 102 Å². The number of nitrogens with zero attached hydrogens (tertiary/aromatic N) is 2. The van der Waals surface area contributed by atoms with Crippen LogP contribution in [0, 0.1) is 0 Å². The van der Waals surface area contributed by atoms with Gasteiger partial charge in [0.05, 0.1) is 22.1 Å². The van der Waals surface area contributed by atoms with Crippen LogP contribution < -0.4 is 0 Å². The summed E-state index contributed by atoms with van der Waals surface area (Å²) >= 11 is 1.87. The second-order valence-corrected chi connectivity index (χ2v) is 15.6. The first-order valence-electron chi connectivity index (χ1n) is 18.8. The normalized spacial score (nSPS) is 12.0. The minimum absolute atomic E-state index is 1.16. The Bertz CT molecular complexity index is 3490. The van der Waals surface area contributed by atoms with Crippen molar-refractivity contribution in [3.05, 3.63) is 194 Å². The molecule has 12 aromatic rings. The van der Waals surface area contributed by atoms with Crippen LogP contribution in [0.4, 0.5) is 0 Å². The summed E-state index contributed by atoms with van der Waals surface area (Å²) in [7, 11) is 0. The fraction of sp³-hybridized carbons (Fsp3) is 0. The highest BCUT2D eigenvalue weighted by molar-refractivity contribution is 7.25. The van der Waals surface area contributed by atoms with Gasteiger partial charge in [-0.2, -0.15) is 0 Å². The zero-order valence-corrected chi connectivity index (χ0v) is 30.6. The maximum atomic E-state index is 2.43. The molecule has 0 aliphatic rings. The summed E-state index contributed by atoms with van der Waals surface area (Å²) in [4.78, 5) is 0. The summed E-state index contributed by atoms with van der Waals surface area (Å²) in [5, 5.41) is 10.2. The lowest BCUT2D eigenvalue weighted by molar-refractivity contribution is 1.18. The van der Waals surface area contributed by atoms with E-state index in [-0.39, 0.29) is 0 Å². The Kier molecular flexibility index (Phi) is 6.54. The number of hydrogen-bond acceptors (Lipinski definition) is 1. The minimum Gasteiger partial charge on any atom is -0.309 e. The van der Waals surface area contributed by atoms with Crippen LogP contribution in [-0.4, -0.2) is 9.13 Å². The Morgan fingerprint density at radius 2 is 0.764 bits per heavy atom. The van der Waals surface area contributed by atoms with Crippen LogP contribution in [0.5, 0.6) is 0 Å². The molecule has 9 aromatic carbocycles. The molecule has 0 atom stereocenters. The zero-order chi connectivity index (χ0) is 36.0.